The van der Waals surface area contributed by atoms with Gasteiger partial charge in [0.15, 0.2) is 0 Å². The summed E-state index contributed by atoms with van der Waals surface area (Å²) in [6.07, 6.45) is 2.92. The van der Waals surface area contributed by atoms with Crippen LogP contribution < -0.4 is 10.5 Å². The molecule has 0 aliphatic rings. The van der Waals surface area contributed by atoms with Crippen LogP contribution in [-0.2, 0) is 16.6 Å². The normalized spacial score (nSPS) is 13.7. The van der Waals surface area contributed by atoms with Gasteiger partial charge < -0.3 is 15.1 Å². The number of hydrogen-bond donors (Lipinski definition) is 3. The van der Waals surface area contributed by atoms with Gasteiger partial charge in [0.2, 0.25) is 10.0 Å². The molecule has 2 heterocycles. The summed E-state index contributed by atoms with van der Waals surface area (Å²) in [4.78, 5) is 2.97. The quantitative estimate of drug-likeness (QED) is 0.756. The third kappa shape index (κ3) is 2.63. The molecule has 2 rings (SSSR count). The van der Waals surface area contributed by atoms with E-state index in [1.165, 1.54) is 18.5 Å². The Balaban J connectivity index is 2.17. The molecule has 98 valence electrons. The second kappa shape index (κ2) is 4.97. The first-order valence-electron chi connectivity index (χ1n) is 5.46. The highest BCUT2D eigenvalue weighted by Crippen LogP contribution is 2.17. The van der Waals surface area contributed by atoms with Crippen molar-refractivity contribution in [2.75, 3.05) is 0 Å². The Morgan fingerprint density at radius 2 is 2.33 bits per heavy atom. The molecule has 0 saturated carbocycles. The molecule has 0 saturated heterocycles. The smallest absolute Gasteiger partial charge is 0.242 e. The number of aromatic amines is 1. The first-order chi connectivity index (χ1) is 8.53. The molecule has 0 spiro atoms. The van der Waals surface area contributed by atoms with Crippen LogP contribution in [0.15, 0.2) is 40.0 Å². The molecule has 2 aromatic rings. The van der Waals surface area contributed by atoms with Crippen LogP contribution in [0.25, 0.3) is 0 Å². The van der Waals surface area contributed by atoms with Gasteiger partial charge in [-0.25, -0.2) is 13.1 Å². The van der Waals surface area contributed by atoms with Gasteiger partial charge in [-0.15, -0.1) is 0 Å². The second-order valence-corrected chi connectivity index (χ2v) is 5.64. The summed E-state index contributed by atoms with van der Waals surface area (Å²) < 4.78 is 31.8. The molecule has 0 amide bonds. The highest BCUT2D eigenvalue weighted by atomic mass is 32.2. The van der Waals surface area contributed by atoms with Gasteiger partial charge in [-0.1, -0.05) is 0 Å². The summed E-state index contributed by atoms with van der Waals surface area (Å²) in [5.74, 6) is 0.563. The molecule has 6 nitrogen and oxygen atoms in total. The van der Waals surface area contributed by atoms with Gasteiger partial charge >= 0.3 is 0 Å². The van der Waals surface area contributed by atoms with E-state index >= 15 is 0 Å². The zero-order valence-electron chi connectivity index (χ0n) is 9.88. The van der Waals surface area contributed by atoms with Crippen molar-refractivity contribution in [2.45, 2.75) is 24.4 Å². The minimum Gasteiger partial charge on any atom is -0.468 e. The van der Waals surface area contributed by atoms with Crippen LogP contribution >= 0.6 is 0 Å². The fraction of sp³-hybridized carbons (Fsp3) is 0.273. The topological polar surface area (TPSA) is 101 Å². The summed E-state index contributed by atoms with van der Waals surface area (Å²) in [5, 5.41) is 0. The molecule has 0 radical (unpaired) electrons. The van der Waals surface area contributed by atoms with Crippen LogP contribution in [0.4, 0.5) is 0 Å². The van der Waals surface area contributed by atoms with E-state index < -0.39 is 16.1 Å². The Labute approximate surface area is 105 Å². The number of sulfonamides is 1. The van der Waals surface area contributed by atoms with Gasteiger partial charge in [-0.05, 0) is 25.1 Å². The van der Waals surface area contributed by atoms with Crippen molar-refractivity contribution in [2.24, 2.45) is 5.73 Å². The molecule has 0 aliphatic heterocycles. The van der Waals surface area contributed by atoms with Gasteiger partial charge in [0.1, 0.15) is 5.76 Å². The fourth-order valence-corrected chi connectivity index (χ4v) is 2.82. The predicted molar refractivity (Wildman–Crippen MR) is 66.1 cm³/mol. The molecule has 0 bridgehead atoms. The highest BCUT2D eigenvalue weighted by molar-refractivity contribution is 7.89. The molecule has 0 aromatic carbocycles. The summed E-state index contributed by atoms with van der Waals surface area (Å²) in [6.45, 7) is 1.98. The zero-order chi connectivity index (χ0) is 13.2. The number of H-pyrrole nitrogens is 1. The van der Waals surface area contributed by atoms with E-state index in [2.05, 4.69) is 9.71 Å². The van der Waals surface area contributed by atoms with Gasteiger partial charge in [-0.2, -0.15) is 0 Å². The maximum Gasteiger partial charge on any atom is 0.242 e. The van der Waals surface area contributed by atoms with Crippen molar-refractivity contribution >= 4 is 10.0 Å². The summed E-state index contributed by atoms with van der Waals surface area (Å²) >= 11 is 0. The van der Waals surface area contributed by atoms with E-state index in [0.29, 0.717) is 11.5 Å². The number of nitrogens with one attached hydrogen (secondary N) is 2. The zero-order valence-corrected chi connectivity index (χ0v) is 10.7. The lowest BCUT2D eigenvalue weighted by Crippen LogP contribution is -2.26. The molecular formula is C11H15N3O3S. The van der Waals surface area contributed by atoms with Crippen LogP contribution in [0.2, 0.25) is 0 Å². The minimum absolute atomic E-state index is 0.168. The lowest BCUT2D eigenvalue weighted by Gasteiger charge is -2.10. The SMILES string of the molecule is CC(NS(=O)(=O)c1c[nH]c(CN)c1)c1ccco1. The monoisotopic (exact) mass is 269 g/mol. The average Bonchev–Trinajstić information content (AvgIpc) is 3.00. The van der Waals surface area contributed by atoms with Crippen molar-refractivity contribution in [1.82, 2.24) is 9.71 Å². The van der Waals surface area contributed by atoms with Crippen molar-refractivity contribution in [1.29, 1.82) is 0 Å². The molecule has 1 atom stereocenters. The Morgan fingerprint density at radius 1 is 1.56 bits per heavy atom. The number of rotatable bonds is 5. The number of hydrogen-bond acceptors (Lipinski definition) is 4. The van der Waals surface area contributed by atoms with Crippen molar-refractivity contribution < 1.29 is 12.8 Å². The van der Waals surface area contributed by atoms with Crippen LogP contribution in [0.1, 0.15) is 24.4 Å². The highest BCUT2D eigenvalue weighted by Gasteiger charge is 2.20. The summed E-state index contributed by atoms with van der Waals surface area (Å²) in [5.41, 5.74) is 6.09. The van der Waals surface area contributed by atoms with Gasteiger partial charge in [-0.3, -0.25) is 0 Å². The van der Waals surface area contributed by atoms with Crippen molar-refractivity contribution in [3.63, 3.8) is 0 Å². The van der Waals surface area contributed by atoms with Crippen LogP contribution in [0.5, 0.6) is 0 Å². The minimum atomic E-state index is -3.57. The molecule has 2 aromatic heterocycles. The molecule has 18 heavy (non-hydrogen) atoms. The van der Waals surface area contributed by atoms with E-state index in [-0.39, 0.29) is 11.4 Å². The van der Waals surface area contributed by atoms with E-state index in [1.54, 1.807) is 19.1 Å². The molecule has 4 N–H and O–H groups in total. The fourth-order valence-electron chi connectivity index (χ4n) is 1.59. The van der Waals surface area contributed by atoms with Crippen molar-refractivity contribution in [3.8, 4) is 0 Å². The summed E-state index contributed by atoms with van der Waals surface area (Å²) in [6, 6.07) is 4.51. The second-order valence-electron chi connectivity index (χ2n) is 3.92. The van der Waals surface area contributed by atoms with E-state index in [1.807, 2.05) is 0 Å². The molecule has 7 heteroatoms. The lowest BCUT2D eigenvalue weighted by atomic mass is 10.3. The first-order valence-corrected chi connectivity index (χ1v) is 6.94. The lowest BCUT2D eigenvalue weighted by molar-refractivity contribution is 0.459. The van der Waals surface area contributed by atoms with Gasteiger partial charge in [0.25, 0.3) is 0 Å². The van der Waals surface area contributed by atoms with E-state index in [0.717, 1.165) is 0 Å². The van der Waals surface area contributed by atoms with Gasteiger partial charge in [0.05, 0.1) is 17.2 Å². The maximum atomic E-state index is 12.1. The first kappa shape index (κ1) is 12.9. The van der Waals surface area contributed by atoms with Crippen molar-refractivity contribution in [3.05, 3.63) is 42.1 Å². The number of nitrogens with two attached hydrogens (primary N) is 1. The summed E-state index contributed by atoms with van der Waals surface area (Å²) in [7, 11) is -3.57. The van der Waals surface area contributed by atoms with Crippen LogP contribution in [0, 0.1) is 0 Å². The third-order valence-corrected chi connectivity index (χ3v) is 4.07. The number of aromatic nitrogens is 1. The molecule has 0 aliphatic carbocycles. The van der Waals surface area contributed by atoms with Crippen LogP contribution in [-0.4, -0.2) is 13.4 Å². The Morgan fingerprint density at radius 3 is 2.89 bits per heavy atom. The molecule has 0 fully saturated rings. The number of furan rings is 1. The average molecular weight is 269 g/mol. The Hall–Kier alpha value is -1.57. The van der Waals surface area contributed by atoms with Gasteiger partial charge in [0, 0.05) is 18.4 Å². The predicted octanol–water partition coefficient (Wildman–Crippen LogP) is 1.11. The maximum absolute atomic E-state index is 12.1. The van der Waals surface area contributed by atoms with E-state index in [9.17, 15) is 8.42 Å². The standard InChI is InChI=1S/C11H15N3O3S/c1-8(11-3-2-4-17-11)14-18(15,16)10-5-9(6-12)13-7-10/h2-5,7-8,13-14H,6,12H2,1H3. The molecule has 1 unspecified atom stereocenters. The van der Waals surface area contributed by atoms with Crippen LogP contribution in [0.3, 0.4) is 0 Å². The largest absolute Gasteiger partial charge is 0.468 e. The third-order valence-electron chi connectivity index (χ3n) is 2.55. The Bertz CT molecular complexity index is 601. The molecular weight excluding hydrogens is 254 g/mol. The Kier molecular flexibility index (Phi) is 3.55. The van der Waals surface area contributed by atoms with E-state index in [4.69, 9.17) is 10.2 Å².